The number of carbonyl (C=O) groups excluding carboxylic acids is 1. The van der Waals surface area contributed by atoms with E-state index in [0.29, 0.717) is 16.4 Å². The predicted octanol–water partition coefficient (Wildman–Crippen LogP) is 4.90. The van der Waals surface area contributed by atoms with E-state index in [9.17, 15) is 9.18 Å². The lowest BCUT2D eigenvalue weighted by Crippen LogP contribution is -2.15. The van der Waals surface area contributed by atoms with Gasteiger partial charge in [0.15, 0.2) is 10.8 Å². The molecule has 2 heterocycles. The van der Waals surface area contributed by atoms with Crippen molar-refractivity contribution in [1.29, 1.82) is 0 Å². The highest BCUT2D eigenvalue weighted by Crippen LogP contribution is 2.33. The lowest BCUT2D eigenvalue weighted by molar-refractivity contribution is -0.113. The molecule has 0 unspecified atom stereocenters. The standard InChI is InChI=1S/C22H20FN5OS2/c1-14-8-9-16(23)10-17(14)26-18(29)12-30-21-19-20(24-13-25-21)27-22(31-19)28(2)11-15-6-4-3-5-7-15/h3-10,13H,11-12H2,1-2H3,(H,26,29). The van der Waals surface area contributed by atoms with E-state index in [1.54, 1.807) is 6.07 Å². The maximum atomic E-state index is 13.4. The van der Waals surface area contributed by atoms with Gasteiger partial charge in [-0.3, -0.25) is 4.79 Å². The summed E-state index contributed by atoms with van der Waals surface area (Å²) in [5, 5.41) is 4.29. The Kier molecular flexibility index (Phi) is 6.43. The van der Waals surface area contributed by atoms with E-state index >= 15 is 0 Å². The number of benzene rings is 2. The van der Waals surface area contributed by atoms with Crippen LogP contribution >= 0.6 is 23.1 Å². The van der Waals surface area contributed by atoms with Crippen LogP contribution < -0.4 is 10.2 Å². The number of nitrogens with one attached hydrogen (secondary N) is 1. The molecule has 0 aliphatic rings. The number of carbonyl (C=O) groups is 1. The first kappa shape index (κ1) is 21.2. The average molecular weight is 454 g/mol. The number of aromatic nitrogens is 3. The maximum Gasteiger partial charge on any atom is 0.234 e. The number of thioether (sulfide) groups is 1. The summed E-state index contributed by atoms with van der Waals surface area (Å²) in [5.41, 5.74) is 3.08. The van der Waals surface area contributed by atoms with Crippen molar-refractivity contribution in [2.75, 3.05) is 23.0 Å². The van der Waals surface area contributed by atoms with Gasteiger partial charge in [-0.1, -0.05) is 59.5 Å². The molecule has 31 heavy (non-hydrogen) atoms. The molecular weight excluding hydrogens is 433 g/mol. The molecule has 4 rings (SSSR count). The summed E-state index contributed by atoms with van der Waals surface area (Å²) < 4.78 is 14.3. The third kappa shape index (κ3) is 5.18. The Morgan fingerprint density at radius 3 is 2.81 bits per heavy atom. The highest BCUT2D eigenvalue weighted by atomic mass is 32.2. The molecule has 9 heteroatoms. The molecule has 0 atom stereocenters. The third-order valence-electron chi connectivity index (χ3n) is 4.55. The number of anilines is 2. The van der Waals surface area contributed by atoms with E-state index in [-0.39, 0.29) is 17.5 Å². The molecule has 4 aromatic rings. The van der Waals surface area contributed by atoms with E-state index in [1.165, 1.54) is 47.1 Å². The van der Waals surface area contributed by atoms with E-state index in [0.717, 1.165) is 21.9 Å². The van der Waals surface area contributed by atoms with Crippen molar-refractivity contribution in [2.24, 2.45) is 0 Å². The van der Waals surface area contributed by atoms with Crippen LogP contribution in [0.2, 0.25) is 0 Å². The zero-order valence-electron chi connectivity index (χ0n) is 17.0. The molecular formula is C22H20FN5OS2. The van der Waals surface area contributed by atoms with Crippen LogP contribution in [0.3, 0.4) is 0 Å². The van der Waals surface area contributed by atoms with Crippen molar-refractivity contribution in [3.63, 3.8) is 0 Å². The van der Waals surface area contributed by atoms with Crippen LogP contribution in [-0.4, -0.2) is 33.7 Å². The zero-order chi connectivity index (χ0) is 21.8. The molecule has 1 N–H and O–H groups in total. The van der Waals surface area contributed by atoms with Crippen LogP contribution in [0.1, 0.15) is 11.1 Å². The van der Waals surface area contributed by atoms with E-state index < -0.39 is 0 Å². The van der Waals surface area contributed by atoms with Gasteiger partial charge in [0.25, 0.3) is 0 Å². The van der Waals surface area contributed by atoms with Crippen LogP contribution in [0.4, 0.5) is 15.2 Å². The summed E-state index contributed by atoms with van der Waals surface area (Å²) in [6.45, 7) is 2.55. The van der Waals surface area contributed by atoms with Crippen LogP contribution in [0, 0.1) is 12.7 Å². The minimum absolute atomic E-state index is 0.148. The molecule has 2 aromatic heterocycles. The first-order valence-corrected chi connectivity index (χ1v) is 11.3. The Hall–Kier alpha value is -3.04. The van der Waals surface area contributed by atoms with Crippen LogP contribution in [0.15, 0.2) is 59.9 Å². The van der Waals surface area contributed by atoms with E-state index in [4.69, 9.17) is 0 Å². The van der Waals surface area contributed by atoms with Gasteiger partial charge in [0.2, 0.25) is 5.91 Å². The summed E-state index contributed by atoms with van der Waals surface area (Å²) in [6.07, 6.45) is 1.46. The monoisotopic (exact) mass is 453 g/mol. The number of amides is 1. The van der Waals surface area contributed by atoms with Crippen molar-refractivity contribution >= 4 is 50.2 Å². The Morgan fingerprint density at radius 2 is 2.00 bits per heavy atom. The molecule has 6 nitrogen and oxygen atoms in total. The largest absolute Gasteiger partial charge is 0.347 e. The van der Waals surface area contributed by atoms with Crippen molar-refractivity contribution in [3.05, 3.63) is 71.8 Å². The second-order valence-electron chi connectivity index (χ2n) is 6.97. The molecule has 0 radical (unpaired) electrons. The highest BCUT2D eigenvalue weighted by molar-refractivity contribution is 8.00. The summed E-state index contributed by atoms with van der Waals surface area (Å²) in [5.74, 6) is -0.464. The lowest BCUT2D eigenvalue weighted by atomic mass is 10.2. The predicted molar refractivity (Wildman–Crippen MR) is 124 cm³/mol. The molecule has 0 aliphatic carbocycles. The fraction of sp³-hybridized carbons (Fsp3) is 0.182. The molecule has 0 bridgehead atoms. The Labute approximate surface area is 187 Å². The Balaban J connectivity index is 1.45. The second kappa shape index (κ2) is 9.40. The van der Waals surface area contributed by atoms with Crippen molar-refractivity contribution in [2.45, 2.75) is 18.5 Å². The normalized spacial score (nSPS) is 10.9. The quantitative estimate of drug-likeness (QED) is 0.317. The third-order valence-corrected chi connectivity index (χ3v) is 6.83. The van der Waals surface area contributed by atoms with Gasteiger partial charge in [0.1, 0.15) is 21.9 Å². The molecule has 1 amide bonds. The molecule has 0 spiro atoms. The number of fused-ring (bicyclic) bond motifs is 1. The van der Waals surface area contributed by atoms with Crippen LogP contribution in [0.25, 0.3) is 10.3 Å². The van der Waals surface area contributed by atoms with Gasteiger partial charge in [0.05, 0.1) is 5.75 Å². The maximum absolute atomic E-state index is 13.4. The first-order valence-electron chi connectivity index (χ1n) is 9.55. The molecule has 0 saturated heterocycles. The fourth-order valence-electron chi connectivity index (χ4n) is 2.96. The average Bonchev–Trinajstić information content (AvgIpc) is 3.21. The van der Waals surface area contributed by atoms with Gasteiger partial charge in [0, 0.05) is 19.3 Å². The SMILES string of the molecule is Cc1ccc(F)cc1NC(=O)CSc1ncnc2nc(N(C)Cc3ccccc3)sc12. The number of aryl methyl sites for hydroxylation is 1. The van der Waals surface area contributed by atoms with Gasteiger partial charge in [-0.2, -0.15) is 4.98 Å². The number of hydrogen-bond donors (Lipinski definition) is 1. The van der Waals surface area contributed by atoms with Gasteiger partial charge in [-0.05, 0) is 30.2 Å². The molecule has 0 fully saturated rings. The van der Waals surface area contributed by atoms with Gasteiger partial charge >= 0.3 is 0 Å². The minimum Gasteiger partial charge on any atom is -0.347 e. The van der Waals surface area contributed by atoms with Gasteiger partial charge < -0.3 is 10.2 Å². The highest BCUT2D eigenvalue weighted by Gasteiger charge is 2.15. The summed E-state index contributed by atoms with van der Waals surface area (Å²) in [4.78, 5) is 27.7. The number of nitrogens with zero attached hydrogens (tertiary/aromatic N) is 4. The molecule has 0 saturated carbocycles. The topological polar surface area (TPSA) is 71.0 Å². The minimum atomic E-state index is -0.386. The van der Waals surface area contributed by atoms with E-state index in [1.807, 2.05) is 32.2 Å². The lowest BCUT2D eigenvalue weighted by Gasteiger charge is -2.15. The van der Waals surface area contributed by atoms with Crippen LogP contribution in [0.5, 0.6) is 0 Å². The molecule has 2 aromatic carbocycles. The fourth-order valence-corrected chi connectivity index (χ4v) is 4.81. The Morgan fingerprint density at radius 1 is 1.19 bits per heavy atom. The number of hydrogen-bond acceptors (Lipinski definition) is 7. The number of halogens is 1. The zero-order valence-corrected chi connectivity index (χ0v) is 18.6. The number of rotatable bonds is 7. The van der Waals surface area contributed by atoms with Crippen molar-refractivity contribution < 1.29 is 9.18 Å². The number of thiazole rings is 1. The molecule has 0 aliphatic heterocycles. The molecule has 158 valence electrons. The van der Waals surface area contributed by atoms with Crippen molar-refractivity contribution in [3.8, 4) is 0 Å². The Bertz CT molecular complexity index is 1220. The smallest absolute Gasteiger partial charge is 0.234 e. The summed E-state index contributed by atoms with van der Waals surface area (Å²) in [7, 11) is 1.99. The van der Waals surface area contributed by atoms with E-state index in [2.05, 4.69) is 37.3 Å². The van der Waals surface area contributed by atoms with Gasteiger partial charge in [-0.15, -0.1) is 0 Å². The summed E-state index contributed by atoms with van der Waals surface area (Å²) >= 11 is 2.81. The summed E-state index contributed by atoms with van der Waals surface area (Å²) in [6, 6.07) is 14.5. The van der Waals surface area contributed by atoms with Crippen molar-refractivity contribution in [1.82, 2.24) is 15.0 Å². The second-order valence-corrected chi connectivity index (χ2v) is 8.91. The first-order chi connectivity index (χ1) is 15.0. The van der Waals surface area contributed by atoms with Gasteiger partial charge in [-0.25, -0.2) is 14.4 Å². The van der Waals surface area contributed by atoms with Crippen LogP contribution in [-0.2, 0) is 11.3 Å².